The molecule has 2 aromatic rings. The lowest BCUT2D eigenvalue weighted by atomic mass is 10.2. The largest absolute Gasteiger partial charge is 0.436 e. The van der Waals surface area contributed by atoms with Crippen molar-refractivity contribution in [3.05, 3.63) is 51.3 Å². The van der Waals surface area contributed by atoms with Crippen molar-refractivity contribution in [3.8, 4) is 11.6 Å². The molecule has 0 atom stereocenters. The predicted molar refractivity (Wildman–Crippen MR) is 80.8 cm³/mol. The Hall–Kier alpha value is -1.17. The van der Waals surface area contributed by atoms with Crippen LogP contribution in [0.25, 0.3) is 0 Å². The lowest BCUT2D eigenvalue weighted by molar-refractivity contribution is 0.426. The molecular formula is C14H13BrClFN2O. The summed E-state index contributed by atoms with van der Waals surface area (Å²) in [5.41, 5.74) is 0.857. The van der Waals surface area contributed by atoms with E-state index in [1.807, 2.05) is 6.92 Å². The quantitative estimate of drug-likeness (QED) is 0.851. The molecule has 20 heavy (non-hydrogen) atoms. The Labute approximate surface area is 130 Å². The van der Waals surface area contributed by atoms with Crippen LogP contribution in [0.3, 0.4) is 0 Å². The zero-order valence-corrected chi connectivity index (χ0v) is 13.1. The van der Waals surface area contributed by atoms with Crippen LogP contribution in [-0.2, 0) is 6.54 Å². The minimum Gasteiger partial charge on any atom is -0.436 e. The van der Waals surface area contributed by atoms with Gasteiger partial charge in [0.25, 0.3) is 0 Å². The second-order valence-corrected chi connectivity index (χ2v) is 5.39. The minimum atomic E-state index is -0.454. The molecule has 0 aliphatic rings. The Bertz CT molecular complexity index is 610. The van der Waals surface area contributed by atoms with E-state index in [2.05, 4.69) is 26.2 Å². The van der Waals surface area contributed by atoms with Crippen LogP contribution in [0.4, 0.5) is 4.39 Å². The van der Waals surface area contributed by atoms with Gasteiger partial charge in [0.15, 0.2) is 11.6 Å². The fraction of sp³-hybridized carbons (Fsp3) is 0.214. The molecule has 0 aliphatic heterocycles. The first-order valence-electron chi connectivity index (χ1n) is 6.08. The number of hydrogen-bond donors (Lipinski definition) is 1. The average Bonchev–Trinajstić information content (AvgIpc) is 2.42. The zero-order valence-electron chi connectivity index (χ0n) is 10.8. The van der Waals surface area contributed by atoms with Gasteiger partial charge in [-0.25, -0.2) is 9.37 Å². The summed E-state index contributed by atoms with van der Waals surface area (Å²) in [7, 11) is 0. The maximum atomic E-state index is 13.7. The monoisotopic (exact) mass is 358 g/mol. The number of pyridine rings is 1. The highest BCUT2D eigenvalue weighted by molar-refractivity contribution is 9.10. The molecule has 0 saturated heterocycles. The standard InChI is InChI=1S/C14H13BrClFN2O/c1-2-18-7-9-5-14(19-8-11(9)16)20-13-4-3-10(15)6-12(13)17/h3-6,8,18H,2,7H2,1H3. The number of hydrogen-bond acceptors (Lipinski definition) is 3. The Kier molecular flexibility index (Phi) is 5.34. The summed E-state index contributed by atoms with van der Waals surface area (Å²) in [5, 5.41) is 3.72. The van der Waals surface area contributed by atoms with Crippen molar-refractivity contribution < 1.29 is 9.13 Å². The van der Waals surface area contributed by atoms with Crippen molar-refractivity contribution in [1.82, 2.24) is 10.3 Å². The van der Waals surface area contributed by atoms with Crippen LogP contribution in [0.15, 0.2) is 34.9 Å². The van der Waals surface area contributed by atoms with Crippen LogP contribution in [-0.4, -0.2) is 11.5 Å². The zero-order chi connectivity index (χ0) is 14.5. The van der Waals surface area contributed by atoms with Crippen molar-refractivity contribution in [2.75, 3.05) is 6.54 Å². The van der Waals surface area contributed by atoms with Crippen LogP contribution >= 0.6 is 27.5 Å². The van der Waals surface area contributed by atoms with Crippen LogP contribution in [0.1, 0.15) is 12.5 Å². The molecule has 1 heterocycles. The molecule has 1 aromatic heterocycles. The smallest absolute Gasteiger partial charge is 0.219 e. The molecule has 0 amide bonds. The second kappa shape index (κ2) is 7.02. The number of ether oxygens (including phenoxy) is 1. The molecule has 1 N–H and O–H groups in total. The topological polar surface area (TPSA) is 34.1 Å². The first-order valence-corrected chi connectivity index (χ1v) is 7.25. The first kappa shape index (κ1) is 15.2. The molecular weight excluding hydrogens is 347 g/mol. The van der Waals surface area contributed by atoms with Gasteiger partial charge in [0.1, 0.15) is 0 Å². The van der Waals surface area contributed by atoms with Gasteiger partial charge in [-0.05, 0) is 30.3 Å². The summed E-state index contributed by atoms with van der Waals surface area (Å²) < 4.78 is 19.8. The highest BCUT2D eigenvalue weighted by atomic mass is 79.9. The van der Waals surface area contributed by atoms with Crippen LogP contribution in [0.2, 0.25) is 5.02 Å². The molecule has 0 unspecified atom stereocenters. The normalized spacial score (nSPS) is 10.6. The van der Waals surface area contributed by atoms with E-state index in [4.69, 9.17) is 16.3 Å². The van der Waals surface area contributed by atoms with Crippen molar-refractivity contribution >= 4 is 27.5 Å². The van der Waals surface area contributed by atoms with Gasteiger partial charge >= 0.3 is 0 Å². The third kappa shape index (κ3) is 3.91. The van der Waals surface area contributed by atoms with Gasteiger partial charge in [0.05, 0.1) is 5.02 Å². The van der Waals surface area contributed by atoms with Gasteiger partial charge in [-0.2, -0.15) is 0 Å². The molecule has 0 saturated carbocycles. The highest BCUT2D eigenvalue weighted by Gasteiger charge is 2.08. The SMILES string of the molecule is CCNCc1cc(Oc2ccc(Br)cc2F)ncc1Cl. The Morgan fingerprint density at radius 3 is 2.90 bits per heavy atom. The maximum absolute atomic E-state index is 13.7. The van der Waals surface area contributed by atoms with E-state index >= 15 is 0 Å². The molecule has 0 bridgehead atoms. The summed E-state index contributed by atoms with van der Waals surface area (Å²) in [4.78, 5) is 4.05. The van der Waals surface area contributed by atoms with E-state index in [1.165, 1.54) is 12.3 Å². The van der Waals surface area contributed by atoms with E-state index in [9.17, 15) is 4.39 Å². The molecule has 106 valence electrons. The molecule has 0 fully saturated rings. The van der Waals surface area contributed by atoms with Gasteiger partial charge in [-0.1, -0.05) is 34.5 Å². The van der Waals surface area contributed by atoms with Crippen LogP contribution in [0.5, 0.6) is 11.6 Å². The number of rotatable bonds is 5. The van der Waals surface area contributed by atoms with Gasteiger partial charge in [0.2, 0.25) is 5.88 Å². The molecule has 6 heteroatoms. The van der Waals surface area contributed by atoms with Crippen LogP contribution < -0.4 is 10.1 Å². The molecule has 0 spiro atoms. The first-order chi connectivity index (χ1) is 9.60. The lowest BCUT2D eigenvalue weighted by Crippen LogP contribution is -2.12. The van der Waals surface area contributed by atoms with Gasteiger partial charge < -0.3 is 10.1 Å². The number of halogens is 3. The summed E-state index contributed by atoms with van der Waals surface area (Å²) in [6, 6.07) is 6.28. The van der Waals surface area contributed by atoms with E-state index in [0.717, 1.165) is 12.1 Å². The minimum absolute atomic E-state index is 0.123. The van der Waals surface area contributed by atoms with E-state index in [-0.39, 0.29) is 5.75 Å². The molecule has 2 rings (SSSR count). The Morgan fingerprint density at radius 1 is 1.40 bits per heavy atom. The summed E-state index contributed by atoms with van der Waals surface area (Å²) >= 11 is 9.24. The molecule has 0 radical (unpaired) electrons. The van der Waals surface area contributed by atoms with Crippen molar-refractivity contribution in [2.24, 2.45) is 0 Å². The average molecular weight is 360 g/mol. The van der Waals surface area contributed by atoms with E-state index in [1.54, 1.807) is 18.2 Å². The fourth-order valence-electron chi connectivity index (χ4n) is 1.58. The predicted octanol–water partition coefficient (Wildman–Crippen LogP) is 4.54. The number of nitrogens with one attached hydrogen (secondary N) is 1. The Morgan fingerprint density at radius 2 is 2.20 bits per heavy atom. The highest BCUT2D eigenvalue weighted by Crippen LogP contribution is 2.27. The summed E-state index contributed by atoms with van der Waals surface area (Å²) in [6.45, 7) is 3.44. The summed E-state index contributed by atoms with van der Waals surface area (Å²) in [6.07, 6.45) is 1.50. The van der Waals surface area contributed by atoms with Crippen molar-refractivity contribution in [1.29, 1.82) is 0 Å². The number of benzene rings is 1. The molecule has 0 aliphatic carbocycles. The van der Waals surface area contributed by atoms with Gasteiger partial charge in [0, 0.05) is 23.3 Å². The second-order valence-electron chi connectivity index (χ2n) is 4.07. The Balaban J connectivity index is 2.20. The van der Waals surface area contributed by atoms with Crippen molar-refractivity contribution in [2.45, 2.75) is 13.5 Å². The number of aromatic nitrogens is 1. The lowest BCUT2D eigenvalue weighted by Gasteiger charge is -2.09. The van der Waals surface area contributed by atoms with Crippen molar-refractivity contribution in [3.63, 3.8) is 0 Å². The molecule has 1 aromatic carbocycles. The third-order valence-electron chi connectivity index (χ3n) is 2.58. The van der Waals surface area contributed by atoms with Gasteiger partial charge in [-0.15, -0.1) is 0 Å². The van der Waals surface area contributed by atoms with E-state index < -0.39 is 5.82 Å². The van der Waals surface area contributed by atoms with E-state index in [0.29, 0.717) is 21.9 Å². The summed E-state index contributed by atoms with van der Waals surface area (Å²) in [5.74, 6) is -0.0229. The third-order valence-corrected chi connectivity index (χ3v) is 3.42. The van der Waals surface area contributed by atoms with Gasteiger partial charge in [-0.3, -0.25) is 0 Å². The maximum Gasteiger partial charge on any atom is 0.219 e. The fourth-order valence-corrected chi connectivity index (χ4v) is 2.08. The number of nitrogens with zero attached hydrogens (tertiary/aromatic N) is 1. The van der Waals surface area contributed by atoms with Crippen LogP contribution in [0, 0.1) is 5.82 Å². The molecule has 3 nitrogen and oxygen atoms in total.